The SMILES string of the molecule is CCCCCCCCCCCCCCCC(=O)C(C(C[N+](C)(C)C)OP(=O)(O)O)C(O)(CO)C(=O)CCCCCCCCCCCCCCC. The molecule has 0 heterocycles. The van der Waals surface area contributed by atoms with Gasteiger partial charge in [-0.1, -0.05) is 168 Å². The number of aliphatic hydroxyl groups excluding tert-OH is 1. The molecule has 298 valence electrons. The number of Topliss-reactive ketones (excluding diaryl/α,β-unsaturated/α-hetero) is 2. The Balaban J connectivity index is 5.09. The van der Waals surface area contributed by atoms with Crippen molar-refractivity contribution in [3.05, 3.63) is 0 Å². The van der Waals surface area contributed by atoms with E-state index in [1.807, 2.05) is 0 Å². The average Bonchev–Trinajstić information content (AvgIpc) is 3.03. The highest BCUT2D eigenvalue weighted by molar-refractivity contribution is 7.46. The Morgan fingerprint density at radius 2 is 0.920 bits per heavy atom. The molecule has 0 fully saturated rings. The minimum absolute atomic E-state index is 0.0235. The van der Waals surface area contributed by atoms with E-state index in [0.717, 1.165) is 51.4 Å². The topological polar surface area (TPSA) is 141 Å². The van der Waals surface area contributed by atoms with Gasteiger partial charge in [0.1, 0.15) is 18.4 Å². The van der Waals surface area contributed by atoms with Crippen molar-refractivity contribution in [1.29, 1.82) is 0 Å². The molecule has 0 aliphatic carbocycles. The van der Waals surface area contributed by atoms with E-state index < -0.39 is 43.6 Å². The number of hydrogen-bond acceptors (Lipinski definition) is 6. The first-order valence-corrected chi connectivity index (χ1v) is 22.2. The molecule has 0 spiro atoms. The molecule has 0 rings (SSSR count). The smallest absolute Gasteiger partial charge is 0.393 e. The first-order valence-electron chi connectivity index (χ1n) is 20.7. The number of carbonyl (C=O) groups is 2. The lowest BCUT2D eigenvalue weighted by molar-refractivity contribution is -0.873. The molecule has 0 aromatic heterocycles. The molecular formula is C40H81NO8P+. The fourth-order valence-corrected chi connectivity index (χ4v) is 7.59. The van der Waals surface area contributed by atoms with Gasteiger partial charge in [-0.3, -0.25) is 14.1 Å². The molecular weight excluding hydrogens is 653 g/mol. The summed E-state index contributed by atoms with van der Waals surface area (Å²) in [4.78, 5) is 46.9. The molecule has 0 bridgehead atoms. The van der Waals surface area contributed by atoms with Gasteiger partial charge in [0.05, 0.1) is 33.7 Å². The molecule has 0 aromatic carbocycles. The summed E-state index contributed by atoms with van der Waals surface area (Å²) >= 11 is 0. The first-order chi connectivity index (χ1) is 23.7. The van der Waals surface area contributed by atoms with Crippen LogP contribution in [-0.2, 0) is 18.7 Å². The largest absolute Gasteiger partial charge is 0.470 e. The lowest BCUT2D eigenvalue weighted by atomic mass is 9.75. The Hall–Kier alpha value is -0.670. The van der Waals surface area contributed by atoms with Crippen LogP contribution in [-0.4, -0.2) is 82.0 Å². The molecule has 4 N–H and O–H groups in total. The van der Waals surface area contributed by atoms with Crippen molar-refractivity contribution >= 4 is 19.4 Å². The highest BCUT2D eigenvalue weighted by atomic mass is 31.2. The number of ketones is 2. The van der Waals surface area contributed by atoms with Crippen molar-refractivity contribution in [2.24, 2.45) is 5.92 Å². The Morgan fingerprint density at radius 3 is 1.22 bits per heavy atom. The zero-order valence-corrected chi connectivity index (χ0v) is 34.1. The van der Waals surface area contributed by atoms with Crippen LogP contribution in [0.25, 0.3) is 0 Å². The van der Waals surface area contributed by atoms with E-state index in [-0.39, 0.29) is 23.9 Å². The van der Waals surface area contributed by atoms with Crippen molar-refractivity contribution < 1.29 is 43.2 Å². The molecule has 9 nitrogen and oxygen atoms in total. The summed E-state index contributed by atoms with van der Waals surface area (Å²) < 4.78 is 17.4. The second-order valence-electron chi connectivity index (χ2n) is 16.0. The lowest BCUT2D eigenvalue weighted by Crippen LogP contribution is -2.60. The molecule has 0 aliphatic rings. The second-order valence-corrected chi connectivity index (χ2v) is 17.2. The normalized spacial score (nSPS) is 14.8. The number of phosphoric acid groups is 1. The summed E-state index contributed by atoms with van der Waals surface area (Å²) in [5.74, 6) is -2.77. The van der Waals surface area contributed by atoms with Gasteiger partial charge in [-0.05, 0) is 12.8 Å². The van der Waals surface area contributed by atoms with Gasteiger partial charge >= 0.3 is 7.82 Å². The number of rotatable bonds is 37. The van der Waals surface area contributed by atoms with Crippen LogP contribution in [0.4, 0.5) is 0 Å². The van der Waals surface area contributed by atoms with Crippen LogP contribution in [0.2, 0.25) is 0 Å². The Labute approximate surface area is 307 Å². The van der Waals surface area contributed by atoms with E-state index in [4.69, 9.17) is 4.52 Å². The summed E-state index contributed by atoms with van der Waals surface area (Å²) in [5, 5.41) is 22.1. The molecule has 0 amide bonds. The standard InChI is InChI=1S/C40H80NO8P/c1-6-8-10-12-14-16-18-20-22-24-26-28-30-32-36(43)39(37(34-41(3,4)5)49-50(46,47)48)40(45,35-42)38(44)33-31-29-27-25-23-21-19-17-15-13-11-9-7-2/h37,39,42,45H,6-35H2,1-5H3,(H-,46,47,48)/p+1. The maximum Gasteiger partial charge on any atom is 0.470 e. The molecule has 10 heteroatoms. The van der Waals surface area contributed by atoms with Gasteiger partial charge in [-0.25, -0.2) is 4.57 Å². The van der Waals surface area contributed by atoms with Crippen LogP contribution >= 0.6 is 7.82 Å². The van der Waals surface area contributed by atoms with Gasteiger partial charge in [0.2, 0.25) is 0 Å². The number of unbranched alkanes of at least 4 members (excludes halogenated alkanes) is 24. The van der Waals surface area contributed by atoms with E-state index in [1.165, 1.54) is 103 Å². The van der Waals surface area contributed by atoms with Crippen LogP contribution in [0.3, 0.4) is 0 Å². The van der Waals surface area contributed by atoms with Crippen molar-refractivity contribution in [2.45, 2.75) is 205 Å². The average molecular weight is 735 g/mol. The van der Waals surface area contributed by atoms with Gasteiger partial charge in [-0.2, -0.15) is 0 Å². The van der Waals surface area contributed by atoms with Crippen molar-refractivity contribution in [3.63, 3.8) is 0 Å². The van der Waals surface area contributed by atoms with Crippen molar-refractivity contribution in [1.82, 2.24) is 0 Å². The lowest BCUT2D eigenvalue weighted by Gasteiger charge is -2.39. The van der Waals surface area contributed by atoms with Gasteiger partial charge in [0, 0.05) is 12.8 Å². The molecule has 0 saturated heterocycles. The minimum Gasteiger partial charge on any atom is -0.393 e. The molecule has 3 atom stereocenters. The van der Waals surface area contributed by atoms with E-state index in [9.17, 15) is 34.2 Å². The van der Waals surface area contributed by atoms with E-state index in [2.05, 4.69) is 13.8 Å². The Morgan fingerprint density at radius 1 is 0.600 bits per heavy atom. The summed E-state index contributed by atoms with van der Waals surface area (Å²) in [6.45, 7) is 3.40. The third-order valence-corrected chi connectivity index (χ3v) is 10.5. The molecule has 0 aromatic rings. The molecule has 50 heavy (non-hydrogen) atoms. The fraction of sp³-hybridized carbons (Fsp3) is 0.950. The summed E-state index contributed by atoms with van der Waals surface area (Å²) in [7, 11) is 0.237. The maximum absolute atomic E-state index is 13.8. The highest BCUT2D eigenvalue weighted by Gasteiger charge is 2.53. The summed E-state index contributed by atoms with van der Waals surface area (Å²) in [6.07, 6.45) is 28.3. The molecule has 3 unspecified atom stereocenters. The number of carbonyl (C=O) groups excluding carboxylic acids is 2. The summed E-state index contributed by atoms with van der Waals surface area (Å²) in [5.41, 5.74) is -2.49. The van der Waals surface area contributed by atoms with Crippen molar-refractivity contribution in [2.75, 3.05) is 34.3 Å². The van der Waals surface area contributed by atoms with E-state index in [0.29, 0.717) is 12.8 Å². The predicted octanol–water partition coefficient (Wildman–Crippen LogP) is 9.61. The number of quaternary nitrogens is 1. The van der Waals surface area contributed by atoms with Gasteiger partial charge in [-0.15, -0.1) is 0 Å². The number of nitrogens with zero attached hydrogens (tertiary/aromatic N) is 1. The Kier molecular flexibility index (Phi) is 29.3. The molecule has 0 aliphatic heterocycles. The van der Waals surface area contributed by atoms with Gasteiger partial charge < -0.3 is 24.5 Å². The first kappa shape index (κ1) is 49.3. The van der Waals surface area contributed by atoms with E-state index in [1.54, 1.807) is 21.1 Å². The third kappa shape index (κ3) is 26.1. The van der Waals surface area contributed by atoms with Crippen LogP contribution in [0.5, 0.6) is 0 Å². The van der Waals surface area contributed by atoms with Crippen LogP contribution < -0.4 is 0 Å². The van der Waals surface area contributed by atoms with Crippen LogP contribution in [0.1, 0.15) is 194 Å². The summed E-state index contributed by atoms with van der Waals surface area (Å²) in [6, 6.07) is 0. The number of hydrogen-bond donors (Lipinski definition) is 4. The minimum atomic E-state index is -5.09. The van der Waals surface area contributed by atoms with Gasteiger partial charge in [0.25, 0.3) is 0 Å². The quantitative estimate of drug-likeness (QED) is 0.0281. The third-order valence-electron chi connectivity index (χ3n) is 9.99. The predicted molar refractivity (Wildman–Crippen MR) is 206 cm³/mol. The zero-order chi connectivity index (χ0) is 37.7. The van der Waals surface area contributed by atoms with Crippen molar-refractivity contribution in [3.8, 4) is 0 Å². The highest BCUT2D eigenvalue weighted by Crippen LogP contribution is 2.42. The van der Waals surface area contributed by atoms with E-state index >= 15 is 0 Å². The maximum atomic E-state index is 13.8. The second kappa shape index (κ2) is 29.7. The zero-order valence-electron chi connectivity index (χ0n) is 33.2. The number of phosphoric ester groups is 1. The van der Waals surface area contributed by atoms with Crippen LogP contribution in [0.15, 0.2) is 0 Å². The number of likely N-dealkylation sites (N-methyl/N-ethyl adjacent to an activating group) is 1. The fourth-order valence-electron chi connectivity index (χ4n) is 7.05. The number of aliphatic hydroxyl groups is 2. The molecule has 0 saturated carbocycles. The van der Waals surface area contributed by atoms with Gasteiger partial charge in [0.15, 0.2) is 11.4 Å². The monoisotopic (exact) mass is 735 g/mol. The Bertz CT molecular complexity index is 889. The van der Waals surface area contributed by atoms with Crippen LogP contribution in [0, 0.1) is 5.92 Å². The molecule has 0 radical (unpaired) electrons.